The Balaban J connectivity index is 2.65. The van der Waals surface area contributed by atoms with Crippen molar-refractivity contribution in [2.24, 2.45) is 0 Å². The van der Waals surface area contributed by atoms with Crippen LogP contribution in [0.25, 0.3) is 17.2 Å². The molecule has 2 aromatic rings. The Morgan fingerprint density at radius 3 is 2.53 bits per heavy atom. The number of carbonyl (C=O) groups is 1. The summed E-state index contributed by atoms with van der Waals surface area (Å²) in [6.07, 6.45) is 2.96. The van der Waals surface area contributed by atoms with Crippen LogP contribution in [0.2, 0.25) is 0 Å². The van der Waals surface area contributed by atoms with Crippen LogP contribution in [0.15, 0.2) is 41.3 Å². The predicted octanol–water partition coefficient (Wildman–Crippen LogP) is 6.96. The number of carboxylic acids is 1. The molecule has 1 aromatic carbocycles. The molecule has 3 nitrogen and oxygen atoms in total. The lowest BCUT2D eigenvalue weighted by Gasteiger charge is -2.26. The van der Waals surface area contributed by atoms with E-state index in [2.05, 4.69) is 6.92 Å². The minimum atomic E-state index is -2.57. The standard InChI is InChI=1S/C24H28F2O3S/c1-6-16-12-18(23(29-14-21(25)26)19(13-16)24(3,4)5)17-9-10-30-20(17)8-7-15(2)11-22(27)28/h7-13,21H,6,14H2,1-5H3,(H,27,28). The van der Waals surface area contributed by atoms with E-state index in [1.807, 2.05) is 50.4 Å². The Bertz CT molecular complexity index is 950. The summed E-state index contributed by atoms with van der Waals surface area (Å²) >= 11 is 1.50. The lowest BCUT2D eigenvalue weighted by Crippen LogP contribution is -2.17. The highest BCUT2D eigenvalue weighted by Gasteiger charge is 2.25. The number of ether oxygens (including phenoxy) is 1. The molecule has 1 N–H and O–H groups in total. The predicted molar refractivity (Wildman–Crippen MR) is 120 cm³/mol. The van der Waals surface area contributed by atoms with Crippen LogP contribution < -0.4 is 4.74 Å². The molecule has 0 aliphatic carbocycles. The fraction of sp³-hybridized carbons (Fsp3) is 0.375. The highest BCUT2D eigenvalue weighted by Crippen LogP contribution is 2.43. The lowest BCUT2D eigenvalue weighted by atomic mass is 9.82. The molecule has 1 aromatic heterocycles. The van der Waals surface area contributed by atoms with Crippen LogP contribution in [-0.2, 0) is 16.6 Å². The van der Waals surface area contributed by atoms with Crippen molar-refractivity contribution in [2.75, 3.05) is 6.61 Å². The zero-order valence-electron chi connectivity index (χ0n) is 18.0. The number of aryl methyl sites for hydroxylation is 1. The van der Waals surface area contributed by atoms with Crippen LogP contribution in [0.1, 0.15) is 50.6 Å². The highest BCUT2D eigenvalue weighted by atomic mass is 32.1. The maximum Gasteiger partial charge on any atom is 0.328 e. The normalized spacial score (nSPS) is 12.7. The van der Waals surface area contributed by atoms with E-state index in [1.54, 1.807) is 13.0 Å². The van der Waals surface area contributed by atoms with E-state index >= 15 is 0 Å². The van der Waals surface area contributed by atoms with Gasteiger partial charge < -0.3 is 9.84 Å². The first-order chi connectivity index (χ1) is 14.0. The maximum atomic E-state index is 13.0. The summed E-state index contributed by atoms with van der Waals surface area (Å²) in [4.78, 5) is 11.8. The van der Waals surface area contributed by atoms with Crippen molar-refractivity contribution in [3.8, 4) is 16.9 Å². The molecule has 0 bridgehead atoms. The number of halogens is 2. The van der Waals surface area contributed by atoms with Crippen molar-refractivity contribution in [2.45, 2.75) is 52.9 Å². The van der Waals surface area contributed by atoms with Crippen molar-refractivity contribution < 1.29 is 23.4 Å². The number of rotatable bonds is 8. The van der Waals surface area contributed by atoms with Gasteiger partial charge in [-0.3, -0.25) is 0 Å². The number of hydrogen-bond acceptors (Lipinski definition) is 3. The highest BCUT2D eigenvalue weighted by molar-refractivity contribution is 7.11. The van der Waals surface area contributed by atoms with Crippen molar-refractivity contribution >= 4 is 23.4 Å². The van der Waals surface area contributed by atoms with Crippen molar-refractivity contribution in [1.82, 2.24) is 0 Å². The quantitative estimate of drug-likeness (QED) is 0.361. The molecule has 162 valence electrons. The van der Waals surface area contributed by atoms with Crippen LogP contribution in [0.3, 0.4) is 0 Å². The van der Waals surface area contributed by atoms with Gasteiger partial charge in [-0.05, 0) is 53.5 Å². The van der Waals surface area contributed by atoms with Gasteiger partial charge in [-0.2, -0.15) is 0 Å². The minimum Gasteiger partial charge on any atom is -0.487 e. The lowest BCUT2D eigenvalue weighted by molar-refractivity contribution is -0.131. The Hall–Kier alpha value is -2.47. The smallest absolute Gasteiger partial charge is 0.328 e. The molecule has 0 unspecified atom stereocenters. The number of aliphatic carboxylic acids is 1. The molecule has 0 radical (unpaired) electrons. The molecule has 30 heavy (non-hydrogen) atoms. The molecular formula is C24H28F2O3S. The molecule has 0 aliphatic heterocycles. The summed E-state index contributed by atoms with van der Waals surface area (Å²) in [5.74, 6) is -0.525. The Morgan fingerprint density at radius 1 is 1.27 bits per heavy atom. The summed E-state index contributed by atoms with van der Waals surface area (Å²) in [7, 11) is 0. The van der Waals surface area contributed by atoms with Gasteiger partial charge in [0.25, 0.3) is 6.43 Å². The third-order valence-electron chi connectivity index (χ3n) is 4.55. The van der Waals surface area contributed by atoms with E-state index in [0.29, 0.717) is 11.3 Å². The second-order valence-electron chi connectivity index (χ2n) is 8.08. The van der Waals surface area contributed by atoms with Gasteiger partial charge in [0.2, 0.25) is 0 Å². The largest absolute Gasteiger partial charge is 0.487 e. The monoisotopic (exact) mass is 434 g/mol. The van der Waals surface area contributed by atoms with E-state index in [-0.39, 0.29) is 5.41 Å². The van der Waals surface area contributed by atoms with Crippen molar-refractivity contribution in [1.29, 1.82) is 0 Å². The van der Waals surface area contributed by atoms with Crippen LogP contribution >= 0.6 is 11.3 Å². The Morgan fingerprint density at radius 2 is 1.97 bits per heavy atom. The fourth-order valence-electron chi connectivity index (χ4n) is 3.07. The van der Waals surface area contributed by atoms with Gasteiger partial charge in [0.15, 0.2) is 0 Å². The van der Waals surface area contributed by atoms with E-state index in [9.17, 15) is 13.6 Å². The zero-order valence-corrected chi connectivity index (χ0v) is 18.8. The van der Waals surface area contributed by atoms with Gasteiger partial charge in [-0.15, -0.1) is 11.3 Å². The van der Waals surface area contributed by atoms with Gasteiger partial charge in [0.05, 0.1) is 0 Å². The second-order valence-corrected chi connectivity index (χ2v) is 9.03. The Kier molecular flexibility index (Phi) is 7.96. The van der Waals surface area contributed by atoms with Crippen molar-refractivity contribution in [3.63, 3.8) is 0 Å². The van der Waals surface area contributed by atoms with Gasteiger partial charge in [-0.25, -0.2) is 13.6 Å². The number of alkyl halides is 2. The van der Waals surface area contributed by atoms with Crippen LogP contribution in [0.4, 0.5) is 8.78 Å². The summed E-state index contributed by atoms with van der Waals surface area (Å²) < 4.78 is 31.6. The SMILES string of the molecule is CCc1cc(-c2ccsc2C=CC(C)=CC(=O)O)c(OCC(F)F)c(C(C)(C)C)c1. The Labute approximate surface area is 180 Å². The number of hydrogen-bond donors (Lipinski definition) is 1. The summed E-state index contributed by atoms with van der Waals surface area (Å²) in [6.45, 7) is 9.21. The first-order valence-corrected chi connectivity index (χ1v) is 10.7. The van der Waals surface area contributed by atoms with E-state index < -0.39 is 19.0 Å². The van der Waals surface area contributed by atoms with E-state index in [4.69, 9.17) is 9.84 Å². The molecular weight excluding hydrogens is 406 g/mol. The molecule has 0 atom stereocenters. The van der Waals surface area contributed by atoms with Gasteiger partial charge in [0, 0.05) is 27.6 Å². The summed E-state index contributed by atoms with van der Waals surface area (Å²) in [5.41, 5.74) is 3.96. The molecule has 0 saturated heterocycles. The molecule has 0 amide bonds. The van der Waals surface area contributed by atoms with Crippen LogP contribution in [0.5, 0.6) is 5.75 Å². The topological polar surface area (TPSA) is 46.5 Å². The van der Waals surface area contributed by atoms with Crippen molar-refractivity contribution in [3.05, 3.63) is 57.3 Å². The van der Waals surface area contributed by atoms with E-state index in [1.165, 1.54) is 11.3 Å². The van der Waals surface area contributed by atoms with Gasteiger partial charge in [0.1, 0.15) is 12.4 Å². The number of thiophene rings is 1. The van der Waals surface area contributed by atoms with Crippen LogP contribution in [-0.4, -0.2) is 24.1 Å². The average molecular weight is 435 g/mol. The minimum absolute atomic E-state index is 0.287. The third-order valence-corrected chi connectivity index (χ3v) is 5.43. The van der Waals surface area contributed by atoms with Crippen LogP contribution in [0, 0.1) is 0 Å². The first kappa shape index (κ1) is 23.8. The fourth-order valence-corrected chi connectivity index (χ4v) is 3.88. The second kappa shape index (κ2) is 10.0. The first-order valence-electron chi connectivity index (χ1n) is 9.78. The zero-order chi connectivity index (χ0) is 22.5. The summed E-state index contributed by atoms with van der Waals surface area (Å²) in [5, 5.41) is 10.8. The van der Waals surface area contributed by atoms with Gasteiger partial charge >= 0.3 is 5.97 Å². The molecule has 0 aliphatic rings. The molecule has 6 heteroatoms. The molecule has 0 spiro atoms. The van der Waals surface area contributed by atoms with E-state index in [0.717, 1.165) is 39.6 Å². The molecule has 2 rings (SSSR count). The average Bonchev–Trinajstić information content (AvgIpc) is 3.11. The molecule has 0 fully saturated rings. The third kappa shape index (κ3) is 6.26. The van der Waals surface area contributed by atoms with Gasteiger partial charge in [-0.1, -0.05) is 39.8 Å². The number of carboxylic acid groups (broad SMARTS) is 1. The summed E-state index contributed by atoms with van der Waals surface area (Å²) in [6, 6.07) is 5.97. The number of benzene rings is 1. The molecule has 1 heterocycles. The molecule has 0 saturated carbocycles. The maximum absolute atomic E-state index is 13.0. The number of allylic oxidation sites excluding steroid dienone is 2.